The molecule has 0 spiro atoms. The smallest absolute Gasteiger partial charge is 0.261 e. The van der Waals surface area contributed by atoms with Crippen molar-refractivity contribution in [3.05, 3.63) is 121 Å². The highest BCUT2D eigenvalue weighted by atomic mass is 28.4. The standard InChI is InChI=1S/C39H50O3Si2/c1-38(2,3)43(32-19-11-7-12-20-32,33-21-13-8-14-22-33)41-29-31-27-28-37(40)36(31)30-42-44(39(4,5)6,34-23-15-9-16-24-34)35-25-17-10-18-26-35/h7-26,31,36-37,40H,27-30H2,1-6H3/t31-,36-,37+/m1/s1. The van der Waals surface area contributed by atoms with Gasteiger partial charge < -0.3 is 14.0 Å². The molecule has 0 aliphatic heterocycles. The quantitative estimate of drug-likeness (QED) is 0.205. The van der Waals surface area contributed by atoms with Crippen molar-refractivity contribution < 1.29 is 14.0 Å². The normalized spacial score (nSPS) is 19.7. The lowest BCUT2D eigenvalue weighted by Gasteiger charge is -2.45. The maximum absolute atomic E-state index is 11.4. The van der Waals surface area contributed by atoms with Gasteiger partial charge in [0, 0.05) is 19.1 Å². The Hall–Kier alpha value is -2.81. The van der Waals surface area contributed by atoms with Crippen LogP contribution in [0.5, 0.6) is 0 Å². The molecule has 1 aliphatic carbocycles. The second-order valence-corrected chi connectivity index (χ2v) is 23.1. The van der Waals surface area contributed by atoms with E-state index in [-0.39, 0.29) is 21.9 Å². The van der Waals surface area contributed by atoms with E-state index in [0.29, 0.717) is 13.2 Å². The van der Waals surface area contributed by atoms with Gasteiger partial charge in [-0.2, -0.15) is 0 Å². The summed E-state index contributed by atoms with van der Waals surface area (Å²) in [6, 6.07) is 43.3. The van der Waals surface area contributed by atoms with Gasteiger partial charge in [-0.05, 0) is 49.6 Å². The third kappa shape index (κ3) is 6.18. The van der Waals surface area contributed by atoms with Crippen LogP contribution in [0, 0.1) is 11.8 Å². The molecular weight excluding hydrogens is 573 g/mol. The number of hydrogen-bond donors (Lipinski definition) is 1. The summed E-state index contributed by atoms with van der Waals surface area (Å²) in [5, 5.41) is 16.3. The average Bonchev–Trinajstić information content (AvgIpc) is 3.37. The SMILES string of the molecule is CC(C)(C)[Si](OC[C@H]1CC[C@H](O)[C@@H]1CO[Si](c1ccccc1)(c1ccccc1)C(C)(C)C)(c1ccccc1)c1ccccc1. The summed E-state index contributed by atoms with van der Waals surface area (Å²) in [7, 11) is -5.39. The van der Waals surface area contributed by atoms with Crippen molar-refractivity contribution in [1.29, 1.82) is 0 Å². The van der Waals surface area contributed by atoms with E-state index in [9.17, 15) is 5.11 Å². The van der Waals surface area contributed by atoms with E-state index in [0.717, 1.165) is 12.8 Å². The highest BCUT2D eigenvalue weighted by Gasteiger charge is 2.53. The molecule has 232 valence electrons. The molecule has 1 saturated carbocycles. The van der Waals surface area contributed by atoms with Gasteiger partial charge >= 0.3 is 0 Å². The van der Waals surface area contributed by atoms with E-state index in [4.69, 9.17) is 8.85 Å². The lowest BCUT2D eigenvalue weighted by molar-refractivity contribution is 0.0629. The molecule has 1 fully saturated rings. The van der Waals surface area contributed by atoms with Crippen LogP contribution in [-0.4, -0.2) is 41.1 Å². The lowest BCUT2D eigenvalue weighted by Crippen LogP contribution is -2.67. The van der Waals surface area contributed by atoms with Crippen LogP contribution in [-0.2, 0) is 8.85 Å². The monoisotopic (exact) mass is 622 g/mol. The Morgan fingerprint density at radius 3 is 1.16 bits per heavy atom. The van der Waals surface area contributed by atoms with Gasteiger partial charge in [-0.1, -0.05) is 163 Å². The summed E-state index contributed by atoms with van der Waals surface area (Å²) in [6.45, 7) is 15.0. The predicted molar refractivity (Wildman–Crippen MR) is 189 cm³/mol. The first-order valence-electron chi connectivity index (χ1n) is 16.2. The van der Waals surface area contributed by atoms with Crippen LogP contribution >= 0.6 is 0 Å². The molecule has 0 radical (unpaired) electrons. The average molecular weight is 623 g/mol. The summed E-state index contributed by atoms with van der Waals surface area (Å²) in [5.74, 6) is 0.222. The number of aliphatic hydroxyl groups excluding tert-OH is 1. The molecule has 4 aromatic carbocycles. The third-order valence-electron chi connectivity index (χ3n) is 9.77. The van der Waals surface area contributed by atoms with E-state index in [2.05, 4.69) is 163 Å². The topological polar surface area (TPSA) is 38.7 Å². The van der Waals surface area contributed by atoms with Crippen LogP contribution in [0.15, 0.2) is 121 Å². The van der Waals surface area contributed by atoms with Crippen LogP contribution in [0.2, 0.25) is 10.1 Å². The lowest BCUT2D eigenvalue weighted by atomic mass is 9.97. The fourth-order valence-corrected chi connectivity index (χ4v) is 16.8. The zero-order valence-corrected chi connectivity index (χ0v) is 29.4. The fourth-order valence-electron chi connectivity index (χ4n) is 7.56. The summed E-state index contributed by atoms with van der Waals surface area (Å²) in [5.41, 5.74) is 0. The molecule has 3 atom stereocenters. The second kappa shape index (κ2) is 13.3. The molecule has 0 bridgehead atoms. The van der Waals surface area contributed by atoms with E-state index in [1.807, 2.05) is 0 Å². The molecule has 5 rings (SSSR count). The molecule has 0 unspecified atom stereocenters. The first kappa shape index (κ1) is 32.6. The van der Waals surface area contributed by atoms with Crippen molar-refractivity contribution in [2.75, 3.05) is 13.2 Å². The van der Waals surface area contributed by atoms with E-state index >= 15 is 0 Å². The van der Waals surface area contributed by atoms with Crippen molar-refractivity contribution in [1.82, 2.24) is 0 Å². The predicted octanol–water partition coefficient (Wildman–Crippen LogP) is 6.53. The zero-order valence-electron chi connectivity index (χ0n) is 27.4. The highest BCUT2D eigenvalue weighted by Crippen LogP contribution is 2.41. The zero-order chi connectivity index (χ0) is 31.4. The minimum atomic E-state index is -2.71. The molecule has 0 amide bonds. The Bertz CT molecular complexity index is 1370. The second-order valence-electron chi connectivity index (χ2n) is 14.5. The van der Waals surface area contributed by atoms with Gasteiger partial charge in [0.25, 0.3) is 16.6 Å². The molecule has 5 heteroatoms. The van der Waals surface area contributed by atoms with Gasteiger partial charge in [-0.3, -0.25) is 0 Å². The Kier molecular flexibility index (Phi) is 9.83. The summed E-state index contributed by atoms with van der Waals surface area (Å²) in [4.78, 5) is 0. The van der Waals surface area contributed by atoms with Crippen LogP contribution < -0.4 is 20.7 Å². The van der Waals surface area contributed by atoms with Crippen molar-refractivity contribution in [3.63, 3.8) is 0 Å². The molecule has 0 aromatic heterocycles. The van der Waals surface area contributed by atoms with Crippen molar-refractivity contribution >= 4 is 37.4 Å². The molecule has 3 nitrogen and oxygen atoms in total. The van der Waals surface area contributed by atoms with E-state index in [1.165, 1.54) is 20.7 Å². The first-order valence-corrected chi connectivity index (χ1v) is 20.0. The van der Waals surface area contributed by atoms with Gasteiger partial charge in [0.2, 0.25) is 0 Å². The Balaban J connectivity index is 1.48. The molecule has 4 aromatic rings. The van der Waals surface area contributed by atoms with Crippen LogP contribution in [0.4, 0.5) is 0 Å². The van der Waals surface area contributed by atoms with E-state index in [1.54, 1.807) is 0 Å². The number of benzene rings is 4. The van der Waals surface area contributed by atoms with Gasteiger partial charge in [-0.15, -0.1) is 0 Å². The summed E-state index contributed by atoms with van der Waals surface area (Å²) >= 11 is 0. The minimum absolute atomic E-state index is 0.00913. The molecule has 44 heavy (non-hydrogen) atoms. The Morgan fingerprint density at radius 2 is 0.841 bits per heavy atom. The van der Waals surface area contributed by atoms with Crippen molar-refractivity contribution in [2.45, 2.75) is 70.6 Å². The Labute approximate surface area is 267 Å². The van der Waals surface area contributed by atoms with Gasteiger partial charge in [0.05, 0.1) is 6.10 Å². The van der Waals surface area contributed by atoms with Gasteiger partial charge in [0.15, 0.2) is 0 Å². The molecule has 0 heterocycles. The van der Waals surface area contributed by atoms with E-state index < -0.39 is 22.7 Å². The Morgan fingerprint density at radius 1 is 0.523 bits per heavy atom. The molecule has 1 aliphatic rings. The maximum atomic E-state index is 11.4. The number of aliphatic hydroxyl groups is 1. The third-order valence-corrected chi connectivity index (χ3v) is 19.8. The molecular formula is C39H50O3Si2. The fraction of sp³-hybridized carbons (Fsp3) is 0.385. The molecule has 1 N–H and O–H groups in total. The van der Waals surface area contributed by atoms with Crippen molar-refractivity contribution in [3.8, 4) is 0 Å². The van der Waals surface area contributed by atoms with Gasteiger partial charge in [-0.25, -0.2) is 0 Å². The minimum Gasteiger partial charge on any atom is -0.407 e. The number of hydrogen-bond acceptors (Lipinski definition) is 3. The highest BCUT2D eigenvalue weighted by molar-refractivity contribution is 7.00. The first-order chi connectivity index (χ1) is 21.0. The molecule has 0 saturated heterocycles. The van der Waals surface area contributed by atoms with Crippen molar-refractivity contribution in [2.24, 2.45) is 11.8 Å². The summed E-state index contributed by atoms with van der Waals surface area (Å²) < 4.78 is 14.7. The maximum Gasteiger partial charge on any atom is 0.261 e. The van der Waals surface area contributed by atoms with Crippen LogP contribution in [0.3, 0.4) is 0 Å². The van der Waals surface area contributed by atoms with Gasteiger partial charge in [0.1, 0.15) is 0 Å². The number of rotatable bonds is 10. The van der Waals surface area contributed by atoms with Crippen LogP contribution in [0.25, 0.3) is 0 Å². The summed E-state index contributed by atoms with van der Waals surface area (Å²) in [6.07, 6.45) is 1.32. The van der Waals surface area contributed by atoms with Crippen LogP contribution in [0.1, 0.15) is 54.4 Å². The largest absolute Gasteiger partial charge is 0.407 e.